The summed E-state index contributed by atoms with van der Waals surface area (Å²) >= 11 is 9.34. The van der Waals surface area contributed by atoms with Crippen molar-refractivity contribution >= 4 is 54.8 Å². The van der Waals surface area contributed by atoms with Gasteiger partial charge < -0.3 is 0 Å². The van der Waals surface area contributed by atoms with Gasteiger partial charge in [-0.3, -0.25) is 9.69 Å². The first-order chi connectivity index (χ1) is 9.18. The van der Waals surface area contributed by atoms with Gasteiger partial charge in [-0.1, -0.05) is 52.3 Å². The summed E-state index contributed by atoms with van der Waals surface area (Å²) in [4.78, 5) is 13.4. The molecule has 3 rings (SSSR count). The van der Waals surface area contributed by atoms with E-state index in [4.69, 9.17) is 11.6 Å². The van der Waals surface area contributed by atoms with Gasteiger partial charge in [0.25, 0.3) is 0 Å². The molecule has 2 aromatic rings. The van der Waals surface area contributed by atoms with Crippen molar-refractivity contribution in [2.75, 3.05) is 4.90 Å². The maximum absolute atomic E-state index is 11.8. The average molecular weight is 335 g/mol. The van der Waals surface area contributed by atoms with E-state index in [1.54, 1.807) is 0 Å². The summed E-state index contributed by atoms with van der Waals surface area (Å²) in [6.07, 6.45) is 1.99. The van der Waals surface area contributed by atoms with Crippen molar-refractivity contribution in [3.63, 3.8) is 0 Å². The molecule has 1 aliphatic heterocycles. The zero-order valence-corrected chi connectivity index (χ0v) is 12.1. The van der Waals surface area contributed by atoms with Gasteiger partial charge >= 0.3 is 5.37 Å². The van der Waals surface area contributed by atoms with E-state index in [9.17, 15) is 4.79 Å². The van der Waals surface area contributed by atoms with Crippen LogP contribution in [0.15, 0.2) is 48.5 Å². The van der Waals surface area contributed by atoms with Crippen molar-refractivity contribution in [3.05, 3.63) is 59.7 Å². The first kappa shape index (κ1) is 12.5. The Morgan fingerprint density at radius 2 is 1.63 bits per heavy atom. The van der Waals surface area contributed by atoms with Gasteiger partial charge in [0.15, 0.2) is 0 Å². The van der Waals surface area contributed by atoms with Crippen LogP contribution < -0.4 is 4.90 Å². The number of carbonyl (C=O) groups excluding carboxylic acids is 1. The van der Waals surface area contributed by atoms with Crippen LogP contribution in [0.2, 0.25) is 0 Å². The molecular weight excluding hydrogens is 326 g/mol. The summed E-state index contributed by atoms with van der Waals surface area (Å²) in [5.74, 6) is 0. The second kappa shape index (κ2) is 4.83. The van der Waals surface area contributed by atoms with Crippen molar-refractivity contribution in [3.8, 4) is 0 Å². The Balaban J connectivity index is 2.36. The zero-order chi connectivity index (χ0) is 13.4. The Morgan fingerprint density at radius 3 is 2.37 bits per heavy atom. The van der Waals surface area contributed by atoms with Gasteiger partial charge in [-0.05, 0) is 35.4 Å². The summed E-state index contributed by atoms with van der Waals surface area (Å²) in [5, 5.41) is -0.518. The number of hydrogen-bond donors (Lipinski definition) is 0. The molecule has 0 atom stereocenters. The second-order valence-corrected chi connectivity index (χ2v) is 5.33. The highest BCUT2D eigenvalue weighted by Crippen LogP contribution is 2.42. The summed E-state index contributed by atoms with van der Waals surface area (Å²) in [6.45, 7) is 0. The molecule has 1 heterocycles. The highest BCUT2D eigenvalue weighted by atomic mass is 79.9. The molecule has 1 amide bonds. The molecule has 2 aromatic carbocycles. The lowest BCUT2D eigenvalue weighted by Crippen LogP contribution is -2.20. The quantitative estimate of drug-likeness (QED) is 0.467. The number of benzene rings is 2. The Morgan fingerprint density at radius 1 is 1.00 bits per heavy atom. The van der Waals surface area contributed by atoms with Crippen molar-refractivity contribution in [1.29, 1.82) is 0 Å². The summed E-state index contributed by atoms with van der Waals surface area (Å²) in [5.41, 5.74) is 3.44. The lowest BCUT2D eigenvalue weighted by Gasteiger charge is -2.22. The van der Waals surface area contributed by atoms with Gasteiger partial charge in [-0.25, -0.2) is 0 Å². The van der Waals surface area contributed by atoms with Gasteiger partial charge in [0.1, 0.15) is 0 Å². The van der Waals surface area contributed by atoms with Crippen molar-refractivity contribution in [2.24, 2.45) is 0 Å². The molecule has 94 valence electrons. The lowest BCUT2D eigenvalue weighted by atomic mass is 10.1. The van der Waals surface area contributed by atoms with E-state index in [1.807, 2.05) is 54.6 Å². The number of anilines is 2. The molecule has 0 saturated heterocycles. The van der Waals surface area contributed by atoms with Gasteiger partial charge in [0.05, 0.1) is 11.4 Å². The molecule has 0 spiro atoms. The Bertz CT molecular complexity index is 696. The molecule has 0 saturated carbocycles. The molecule has 0 aromatic heterocycles. The van der Waals surface area contributed by atoms with Gasteiger partial charge in [0.2, 0.25) is 0 Å². The normalized spacial score (nSPS) is 13.2. The number of carbonyl (C=O) groups is 1. The second-order valence-electron chi connectivity index (χ2n) is 4.16. The molecule has 0 aliphatic carbocycles. The van der Waals surface area contributed by atoms with Crippen LogP contribution in [0.1, 0.15) is 11.1 Å². The molecule has 1 aliphatic rings. The third-order valence-corrected chi connectivity index (χ3v) is 3.86. The number of amides is 1. The summed E-state index contributed by atoms with van der Waals surface area (Å²) in [7, 11) is 0. The molecular formula is C15H9BrClNO. The third-order valence-electron chi connectivity index (χ3n) is 3.04. The maximum Gasteiger partial charge on any atom is 0.325 e. The van der Waals surface area contributed by atoms with E-state index in [-0.39, 0.29) is 0 Å². The highest BCUT2D eigenvalue weighted by Gasteiger charge is 2.24. The minimum atomic E-state index is -0.518. The third kappa shape index (κ3) is 2.09. The predicted molar refractivity (Wildman–Crippen MR) is 83.1 cm³/mol. The van der Waals surface area contributed by atoms with E-state index in [2.05, 4.69) is 15.9 Å². The topological polar surface area (TPSA) is 20.3 Å². The molecule has 0 unspecified atom stereocenters. The molecule has 0 bridgehead atoms. The largest absolute Gasteiger partial charge is 0.325 e. The number of rotatable bonds is 0. The van der Waals surface area contributed by atoms with E-state index in [0.29, 0.717) is 0 Å². The summed E-state index contributed by atoms with van der Waals surface area (Å²) in [6, 6.07) is 15.3. The Kier molecular flexibility index (Phi) is 3.17. The van der Waals surface area contributed by atoms with Crippen molar-refractivity contribution < 1.29 is 4.79 Å². The fraction of sp³-hybridized carbons (Fsp3) is 0. The molecule has 19 heavy (non-hydrogen) atoms. The molecule has 0 radical (unpaired) electrons. The molecule has 2 nitrogen and oxygen atoms in total. The van der Waals surface area contributed by atoms with Gasteiger partial charge in [-0.15, -0.1) is 0 Å². The first-order valence-electron chi connectivity index (χ1n) is 5.73. The monoisotopic (exact) mass is 333 g/mol. The number of hydrogen-bond acceptors (Lipinski definition) is 1. The lowest BCUT2D eigenvalue weighted by molar-refractivity contribution is 0.266. The van der Waals surface area contributed by atoms with Crippen LogP contribution >= 0.6 is 27.5 Å². The highest BCUT2D eigenvalue weighted by molar-refractivity contribution is 9.15. The Labute approximate surface area is 124 Å². The van der Waals surface area contributed by atoms with Gasteiger partial charge in [-0.2, -0.15) is 0 Å². The smallest absolute Gasteiger partial charge is 0.266 e. The summed E-state index contributed by atoms with van der Waals surface area (Å²) < 4.78 is 0.927. The average Bonchev–Trinajstić information content (AvgIpc) is 2.53. The van der Waals surface area contributed by atoms with Crippen LogP contribution in [0.4, 0.5) is 16.2 Å². The fourth-order valence-electron chi connectivity index (χ4n) is 2.22. The standard InChI is InChI=1S/C15H9BrClNO/c16-12-9-10-5-1-3-7-13(10)18(15(17)19)14-8-4-2-6-11(12)14/h1-9H. The van der Waals surface area contributed by atoms with Crippen LogP contribution in [0.25, 0.3) is 10.6 Å². The van der Waals surface area contributed by atoms with Crippen LogP contribution in [0.3, 0.4) is 0 Å². The van der Waals surface area contributed by atoms with Crippen LogP contribution in [0, 0.1) is 0 Å². The fourth-order valence-corrected chi connectivity index (χ4v) is 2.98. The van der Waals surface area contributed by atoms with Crippen LogP contribution in [-0.4, -0.2) is 5.37 Å². The van der Waals surface area contributed by atoms with E-state index in [1.165, 1.54) is 4.90 Å². The Hall–Kier alpha value is -1.58. The zero-order valence-electron chi connectivity index (χ0n) is 9.81. The molecule has 4 heteroatoms. The minimum absolute atomic E-state index is 0.518. The number of halogens is 2. The van der Waals surface area contributed by atoms with Crippen molar-refractivity contribution in [1.82, 2.24) is 0 Å². The van der Waals surface area contributed by atoms with Gasteiger partial charge in [0, 0.05) is 10.0 Å². The number of fused-ring (bicyclic) bond motifs is 2. The SMILES string of the molecule is O=C(Cl)N1c2ccccc2C=C(Br)c2ccccc21. The van der Waals surface area contributed by atoms with E-state index >= 15 is 0 Å². The van der Waals surface area contributed by atoms with E-state index in [0.717, 1.165) is 27.0 Å². The predicted octanol–water partition coefficient (Wildman–Crippen LogP) is 5.39. The number of para-hydroxylation sites is 2. The molecule has 0 fully saturated rings. The first-order valence-corrected chi connectivity index (χ1v) is 6.91. The minimum Gasteiger partial charge on any atom is -0.266 e. The molecule has 0 N–H and O–H groups in total. The van der Waals surface area contributed by atoms with E-state index < -0.39 is 5.37 Å². The van der Waals surface area contributed by atoms with Crippen molar-refractivity contribution in [2.45, 2.75) is 0 Å². The maximum atomic E-state index is 11.8. The van der Waals surface area contributed by atoms with Crippen LogP contribution in [-0.2, 0) is 0 Å². The van der Waals surface area contributed by atoms with Crippen LogP contribution in [0.5, 0.6) is 0 Å². The number of nitrogens with zero attached hydrogens (tertiary/aromatic N) is 1.